The van der Waals surface area contributed by atoms with E-state index in [2.05, 4.69) is 15.9 Å². The summed E-state index contributed by atoms with van der Waals surface area (Å²) in [6, 6.07) is 7.60. The quantitative estimate of drug-likeness (QED) is 0.786. The molecular formula is C12H8BrFO2. The van der Waals surface area contributed by atoms with Crippen LogP contribution in [0.5, 0.6) is 0 Å². The Bertz CT molecular complexity index is 525. The van der Waals surface area contributed by atoms with Crippen LogP contribution in [0, 0.1) is 12.7 Å². The van der Waals surface area contributed by atoms with Gasteiger partial charge in [-0.1, -0.05) is 6.07 Å². The van der Waals surface area contributed by atoms with Crippen molar-refractivity contribution in [3.8, 4) is 0 Å². The van der Waals surface area contributed by atoms with Crippen LogP contribution in [0.25, 0.3) is 0 Å². The van der Waals surface area contributed by atoms with E-state index in [4.69, 9.17) is 4.42 Å². The zero-order chi connectivity index (χ0) is 11.7. The molecule has 0 fully saturated rings. The van der Waals surface area contributed by atoms with Crippen molar-refractivity contribution in [1.29, 1.82) is 0 Å². The lowest BCUT2D eigenvalue weighted by atomic mass is 10.1. The molecule has 82 valence electrons. The van der Waals surface area contributed by atoms with E-state index in [1.165, 1.54) is 18.2 Å². The first-order valence-corrected chi connectivity index (χ1v) is 5.44. The van der Waals surface area contributed by atoms with Gasteiger partial charge in [0.05, 0.1) is 5.56 Å². The fraction of sp³-hybridized carbons (Fsp3) is 0.0833. The van der Waals surface area contributed by atoms with Crippen LogP contribution >= 0.6 is 15.9 Å². The number of carbonyl (C=O) groups excluding carboxylic acids is 1. The van der Waals surface area contributed by atoms with Crippen molar-refractivity contribution in [3.05, 3.63) is 57.7 Å². The molecule has 1 aromatic carbocycles. The third kappa shape index (κ3) is 1.93. The number of furan rings is 1. The second kappa shape index (κ2) is 4.22. The van der Waals surface area contributed by atoms with Crippen molar-refractivity contribution in [2.45, 2.75) is 6.92 Å². The fourth-order valence-electron chi connectivity index (χ4n) is 1.39. The molecule has 0 saturated carbocycles. The van der Waals surface area contributed by atoms with Gasteiger partial charge in [0, 0.05) is 4.47 Å². The lowest BCUT2D eigenvalue weighted by molar-refractivity contribution is 0.100. The first-order chi connectivity index (χ1) is 7.59. The number of hydrogen-bond donors (Lipinski definition) is 0. The van der Waals surface area contributed by atoms with Crippen LogP contribution in [0.15, 0.2) is 39.2 Å². The van der Waals surface area contributed by atoms with Crippen molar-refractivity contribution in [1.82, 2.24) is 0 Å². The molecule has 2 aromatic rings. The van der Waals surface area contributed by atoms with Crippen LogP contribution in [0.4, 0.5) is 4.39 Å². The minimum absolute atomic E-state index is 0.00292. The average Bonchev–Trinajstić information content (AvgIpc) is 2.64. The largest absolute Gasteiger partial charge is 0.458 e. The Kier molecular flexibility index (Phi) is 2.92. The van der Waals surface area contributed by atoms with Gasteiger partial charge in [-0.05, 0) is 47.1 Å². The Morgan fingerprint density at radius 3 is 2.62 bits per heavy atom. The summed E-state index contributed by atoms with van der Waals surface area (Å²) in [4.78, 5) is 11.9. The lowest BCUT2D eigenvalue weighted by Crippen LogP contribution is -2.04. The molecule has 0 aliphatic carbocycles. The van der Waals surface area contributed by atoms with Gasteiger partial charge in [-0.15, -0.1) is 0 Å². The van der Waals surface area contributed by atoms with Crippen LogP contribution in [0.2, 0.25) is 0 Å². The molecular weight excluding hydrogens is 275 g/mol. The van der Waals surface area contributed by atoms with Crippen molar-refractivity contribution in [2.75, 3.05) is 0 Å². The monoisotopic (exact) mass is 282 g/mol. The van der Waals surface area contributed by atoms with Gasteiger partial charge in [-0.2, -0.15) is 0 Å². The zero-order valence-corrected chi connectivity index (χ0v) is 10.0. The van der Waals surface area contributed by atoms with E-state index in [9.17, 15) is 9.18 Å². The van der Waals surface area contributed by atoms with Gasteiger partial charge >= 0.3 is 0 Å². The average molecular weight is 283 g/mol. The molecule has 0 unspecified atom stereocenters. The molecule has 1 aromatic heterocycles. The maximum absolute atomic E-state index is 13.5. The molecule has 0 aliphatic rings. The summed E-state index contributed by atoms with van der Waals surface area (Å²) in [6.07, 6.45) is 0. The third-order valence-electron chi connectivity index (χ3n) is 2.15. The molecule has 0 spiro atoms. The maximum Gasteiger partial charge on any atom is 0.232 e. The fourth-order valence-corrected chi connectivity index (χ4v) is 1.92. The predicted molar refractivity (Wildman–Crippen MR) is 61.0 cm³/mol. The Morgan fingerprint density at radius 2 is 2.06 bits per heavy atom. The van der Waals surface area contributed by atoms with E-state index in [0.717, 1.165) is 0 Å². The van der Waals surface area contributed by atoms with E-state index in [1.54, 1.807) is 19.1 Å². The lowest BCUT2D eigenvalue weighted by Gasteiger charge is -2.02. The van der Waals surface area contributed by atoms with E-state index in [1.807, 2.05) is 0 Å². The highest BCUT2D eigenvalue weighted by Crippen LogP contribution is 2.23. The molecule has 0 amide bonds. The highest BCUT2D eigenvalue weighted by atomic mass is 79.9. The van der Waals surface area contributed by atoms with E-state index in [0.29, 0.717) is 10.2 Å². The molecule has 2 nitrogen and oxygen atoms in total. The maximum atomic E-state index is 13.5. The number of carbonyl (C=O) groups is 1. The summed E-state index contributed by atoms with van der Waals surface area (Å²) in [7, 11) is 0. The topological polar surface area (TPSA) is 30.2 Å². The van der Waals surface area contributed by atoms with Crippen LogP contribution in [-0.4, -0.2) is 5.78 Å². The Hall–Kier alpha value is -1.42. The smallest absolute Gasteiger partial charge is 0.232 e. The van der Waals surface area contributed by atoms with Gasteiger partial charge in [-0.25, -0.2) is 4.39 Å². The Labute approximate surface area is 100 Å². The normalized spacial score (nSPS) is 10.4. The summed E-state index contributed by atoms with van der Waals surface area (Å²) in [5.41, 5.74) is -0.00292. The van der Waals surface area contributed by atoms with Crippen LogP contribution in [0.1, 0.15) is 21.9 Å². The van der Waals surface area contributed by atoms with Gasteiger partial charge in [-0.3, -0.25) is 4.79 Å². The summed E-state index contributed by atoms with van der Waals surface area (Å²) < 4.78 is 19.1. The van der Waals surface area contributed by atoms with Crippen LogP contribution in [-0.2, 0) is 0 Å². The summed E-state index contributed by atoms with van der Waals surface area (Å²) >= 11 is 3.15. The highest BCUT2D eigenvalue weighted by Gasteiger charge is 2.19. The number of hydrogen-bond acceptors (Lipinski definition) is 2. The minimum Gasteiger partial charge on any atom is -0.458 e. The Morgan fingerprint density at radius 1 is 1.31 bits per heavy atom. The second-order valence-electron chi connectivity index (χ2n) is 3.34. The van der Waals surface area contributed by atoms with E-state index in [-0.39, 0.29) is 11.3 Å². The number of halogens is 2. The first-order valence-electron chi connectivity index (χ1n) is 4.65. The van der Waals surface area contributed by atoms with Gasteiger partial charge in [0.2, 0.25) is 5.78 Å². The van der Waals surface area contributed by atoms with Crippen LogP contribution < -0.4 is 0 Å². The number of aryl methyl sites for hydroxylation is 1. The van der Waals surface area contributed by atoms with Crippen molar-refractivity contribution < 1.29 is 13.6 Å². The summed E-state index contributed by atoms with van der Waals surface area (Å²) in [5.74, 6) is -0.259. The minimum atomic E-state index is -0.562. The molecule has 0 atom stereocenters. The predicted octanol–water partition coefficient (Wildman–Crippen LogP) is 3.72. The van der Waals surface area contributed by atoms with Gasteiger partial charge in [0.25, 0.3) is 0 Å². The molecule has 0 radical (unpaired) electrons. The van der Waals surface area contributed by atoms with Crippen LogP contribution in [0.3, 0.4) is 0 Å². The first kappa shape index (κ1) is 11.1. The van der Waals surface area contributed by atoms with E-state index < -0.39 is 11.6 Å². The van der Waals surface area contributed by atoms with Gasteiger partial charge < -0.3 is 4.42 Å². The molecule has 0 N–H and O–H groups in total. The molecule has 4 heteroatoms. The Balaban J connectivity index is 2.49. The number of ketones is 1. The van der Waals surface area contributed by atoms with Gasteiger partial charge in [0.15, 0.2) is 5.76 Å². The second-order valence-corrected chi connectivity index (χ2v) is 4.19. The van der Waals surface area contributed by atoms with Crippen molar-refractivity contribution in [3.63, 3.8) is 0 Å². The third-order valence-corrected chi connectivity index (χ3v) is 2.81. The molecule has 0 aliphatic heterocycles. The number of rotatable bonds is 2. The molecule has 2 rings (SSSR count). The summed E-state index contributed by atoms with van der Waals surface area (Å²) in [6.45, 7) is 1.73. The zero-order valence-electron chi connectivity index (χ0n) is 8.46. The summed E-state index contributed by atoms with van der Waals surface area (Å²) in [5, 5.41) is 0. The van der Waals surface area contributed by atoms with Gasteiger partial charge in [0.1, 0.15) is 11.6 Å². The standard InChI is InChI=1S/C12H8BrFO2/c1-7-5-6-10(16-7)12(15)11-8(13)3-2-4-9(11)14/h2-6H,1H3. The van der Waals surface area contributed by atoms with E-state index >= 15 is 0 Å². The molecule has 1 heterocycles. The molecule has 16 heavy (non-hydrogen) atoms. The number of benzene rings is 1. The highest BCUT2D eigenvalue weighted by molar-refractivity contribution is 9.10. The molecule has 0 saturated heterocycles. The SMILES string of the molecule is Cc1ccc(C(=O)c2c(F)cccc2Br)o1. The van der Waals surface area contributed by atoms with Crippen molar-refractivity contribution >= 4 is 21.7 Å². The van der Waals surface area contributed by atoms with Crippen molar-refractivity contribution in [2.24, 2.45) is 0 Å². The molecule has 0 bridgehead atoms.